The van der Waals surface area contributed by atoms with Gasteiger partial charge in [0.05, 0.1) is 6.61 Å². The maximum absolute atomic E-state index is 12.8. The van der Waals surface area contributed by atoms with Crippen LogP contribution in [0.15, 0.2) is 18.2 Å². The molecule has 0 aliphatic rings. The lowest BCUT2D eigenvalue weighted by Gasteiger charge is -2.07. The Hall–Kier alpha value is -1.42. The van der Waals surface area contributed by atoms with Gasteiger partial charge in [0.1, 0.15) is 5.82 Å². The molecule has 88 valence electrons. The Balaban J connectivity index is 2.53. The minimum absolute atomic E-state index is 0.197. The molecule has 1 aromatic carbocycles. The monoisotopic (exact) mass is 225 g/mol. The van der Waals surface area contributed by atoms with Gasteiger partial charge in [0, 0.05) is 18.7 Å². The number of nitrogens with one attached hydrogen (secondary N) is 1. The summed E-state index contributed by atoms with van der Waals surface area (Å²) in [5.74, 6) is -0.527. The first-order valence-corrected chi connectivity index (χ1v) is 5.27. The van der Waals surface area contributed by atoms with Gasteiger partial charge in [-0.3, -0.25) is 4.79 Å². The molecule has 0 saturated carbocycles. The number of carbonyl (C=O) groups is 1. The van der Waals surface area contributed by atoms with Gasteiger partial charge in [-0.1, -0.05) is 0 Å². The second kappa shape index (κ2) is 6.23. The van der Waals surface area contributed by atoms with Gasteiger partial charge in [-0.25, -0.2) is 4.39 Å². The van der Waals surface area contributed by atoms with Crippen molar-refractivity contribution < 1.29 is 13.9 Å². The highest BCUT2D eigenvalue weighted by Crippen LogP contribution is 2.09. The predicted molar refractivity (Wildman–Crippen MR) is 60.0 cm³/mol. The zero-order chi connectivity index (χ0) is 12.0. The van der Waals surface area contributed by atoms with Crippen molar-refractivity contribution >= 4 is 5.91 Å². The number of hydrogen-bond acceptors (Lipinski definition) is 2. The molecule has 0 aliphatic carbocycles. The molecular weight excluding hydrogens is 209 g/mol. The van der Waals surface area contributed by atoms with E-state index in [1.54, 1.807) is 6.92 Å². The standard InChI is InChI=1S/C12H16FNO2/c1-3-16-7-6-14-12(15)11-5-4-10(13)8-9(11)2/h4-5,8H,3,6-7H2,1-2H3,(H,14,15). The van der Waals surface area contributed by atoms with Crippen molar-refractivity contribution in [3.8, 4) is 0 Å². The molecular formula is C12H16FNO2. The Bertz CT molecular complexity index is 366. The zero-order valence-corrected chi connectivity index (χ0v) is 9.55. The van der Waals surface area contributed by atoms with Gasteiger partial charge in [-0.15, -0.1) is 0 Å². The lowest BCUT2D eigenvalue weighted by atomic mass is 10.1. The average molecular weight is 225 g/mol. The van der Waals surface area contributed by atoms with Gasteiger partial charge in [0.2, 0.25) is 0 Å². The Morgan fingerprint density at radius 2 is 2.25 bits per heavy atom. The maximum Gasteiger partial charge on any atom is 0.251 e. The second-order valence-electron chi connectivity index (χ2n) is 3.41. The highest BCUT2D eigenvalue weighted by Gasteiger charge is 2.08. The van der Waals surface area contributed by atoms with Crippen LogP contribution < -0.4 is 5.32 Å². The first kappa shape index (κ1) is 12.6. The molecule has 16 heavy (non-hydrogen) atoms. The Morgan fingerprint density at radius 3 is 2.88 bits per heavy atom. The third kappa shape index (κ3) is 3.62. The van der Waals surface area contributed by atoms with Gasteiger partial charge in [-0.2, -0.15) is 0 Å². The molecule has 3 nitrogen and oxygen atoms in total. The number of aryl methyl sites for hydroxylation is 1. The molecule has 0 unspecified atom stereocenters. The summed E-state index contributed by atoms with van der Waals surface area (Å²) in [6.45, 7) is 5.18. The van der Waals surface area contributed by atoms with E-state index >= 15 is 0 Å². The Morgan fingerprint density at radius 1 is 1.50 bits per heavy atom. The number of ether oxygens (including phenoxy) is 1. The van der Waals surface area contributed by atoms with Gasteiger partial charge in [-0.05, 0) is 37.6 Å². The highest BCUT2D eigenvalue weighted by atomic mass is 19.1. The van der Waals surface area contributed by atoms with Crippen LogP contribution in [0.25, 0.3) is 0 Å². The summed E-state index contributed by atoms with van der Waals surface area (Å²) in [5, 5.41) is 2.71. The minimum Gasteiger partial charge on any atom is -0.380 e. The van der Waals surface area contributed by atoms with Gasteiger partial charge < -0.3 is 10.1 Å². The first-order valence-electron chi connectivity index (χ1n) is 5.27. The van der Waals surface area contributed by atoms with Crippen LogP contribution in [0, 0.1) is 12.7 Å². The molecule has 1 N–H and O–H groups in total. The van der Waals surface area contributed by atoms with E-state index in [0.717, 1.165) is 0 Å². The van der Waals surface area contributed by atoms with E-state index < -0.39 is 0 Å². The van der Waals surface area contributed by atoms with Crippen LogP contribution in [0.1, 0.15) is 22.8 Å². The highest BCUT2D eigenvalue weighted by molar-refractivity contribution is 5.95. The smallest absolute Gasteiger partial charge is 0.251 e. The van der Waals surface area contributed by atoms with Gasteiger partial charge in [0.15, 0.2) is 0 Å². The molecule has 0 bridgehead atoms. The lowest BCUT2D eigenvalue weighted by molar-refractivity contribution is 0.0922. The number of benzene rings is 1. The second-order valence-corrected chi connectivity index (χ2v) is 3.41. The summed E-state index contributed by atoms with van der Waals surface area (Å²) in [6.07, 6.45) is 0. The van der Waals surface area contributed by atoms with E-state index in [4.69, 9.17) is 4.74 Å². The molecule has 0 radical (unpaired) electrons. The summed E-state index contributed by atoms with van der Waals surface area (Å²) >= 11 is 0. The summed E-state index contributed by atoms with van der Waals surface area (Å²) in [5.41, 5.74) is 1.13. The largest absolute Gasteiger partial charge is 0.380 e. The SMILES string of the molecule is CCOCCNC(=O)c1ccc(F)cc1C. The fourth-order valence-corrected chi connectivity index (χ4v) is 1.36. The number of rotatable bonds is 5. The van der Waals surface area contributed by atoms with Crippen LogP contribution in [-0.4, -0.2) is 25.7 Å². The van der Waals surface area contributed by atoms with E-state index in [1.165, 1.54) is 18.2 Å². The zero-order valence-electron chi connectivity index (χ0n) is 9.55. The van der Waals surface area contributed by atoms with E-state index in [9.17, 15) is 9.18 Å². The minimum atomic E-state index is -0.330. The molecule has 0 saturated heterocycles. The van der Waals surface area contributed by atoms with E-state index in [-0.39, 0.29) is 11.7 Å². The normalized spacial score (nSPS) is 10.2. The van der Waals surface area contributed by atoms with Crippen molar-refractivity contribution in [1.29, 1.82) is 0 Å². The molecule has 0 atom stereocenters. The summed E-state index contributed by atoms with van der Waals surface area (Å²) in [4.78, 5) is 11.7. The van der Waals surface area contributed by atoms with Crippen LogP contribution in [-0.2, 0) is 4.74 Å². The van der Waals surface area contributed by atoms with Crippen molar-refractivity contribution in [3.63, 3.8) is 0 Å². The van der Waals surface area contributed by atoms with Crippen molar-refractivity contribution in [2.24, 2.45) is 0 Å². The Labute approximate surface area is 94.6 Å². The molecule has 1 aromatic rings. The number of amides is 1. The predicted octanol–water partition coefficient (Wildman–Crippen LogP) is 1.90. The number of halogens is 1. The summed E-state index contributed by atoms with van der Waals surface area (Å²) < 4.78 is 17.9. The van der Waals surface area contributed by atoms with Crippen LogP contribution >= 0.6 is 0 Å². The Kier molecular flexibility index (Phi) is 4.92. The maximum atomic E-state index is 12.8. The quantitative estimate of drug-likeness (QED) is 0.777. The molecule has 1 rings (SSSR count). The molecule has 0 aliphatic heterocycles. The van der Waals surface area contributed by atoms with Crippen LogP contribution in [0.3, 0.4) is 0 Å². The third-order valence-corrected chi connectivity index (χ3v) is 2.17. The fourth-order valence-electron chi connectivity index (χ4n) is 1.36. The molecule has 4 heteroatoms. The third-order valence-electron chi connectivity index (χ3n) is 2.17. The first-order chi connectivity index (χ1) is 7.65. The van der Waals surface area contributed by atoms with Crippen molar-refractivity contribution in [3.05, 3.63) is 35.1 Å². The molecule has 0 fully saturated rings. The van der Waals surface area contributed by atoms with Crippen molar-refractivity contribution in [2.75, 3.05) is 19.8 Å². The molecule has 1 amide bonds. The van der Waals surface area contributed by atoms with Gasteiger partial charge >= 0.3 is 0 Å². The fraction of sp³-hybridized carbons (Fsp3) is 0.417. The number of carbonyl (C=O) groups excluding carboxylic acids is 1. The van der Waals surface area contributed by atoms with E-state index in [1.807, 2.05) is 6.92 Å². The van der Waals surface area contributed by atoms with Crippen molar-refractivity contribution in [1.82, 2.24) is 5.32 Å². The lowest BCUT2D eigenvalue weighted by Crippen LogP contribution is -2.27. The van der Waals surface area contributed by atoms with E-state index in [2.05, 4.69) is 5.32 Å². The van der Waals surface area contributed by atoms with E-state index in [0.29, 0.717) is 30.9 Å². The summed E-state index contributed by atoms with van der Waals surface area (Å²) in [6, 6.07) is 4.11. The van der Waals surface area contributed by atoms with Crippen LogP contribution in [0.2, 0.25) is 0 Å². The van der Waals surface area contributed by atoms with Crippen molar-refractivity contribution in [2.45, 2.75) is 13.8 Å². The number of hydrogen-bond donors (Lipinski definition) is 1. The average Bonchev–Trinajstić information content (AvgIpc) is 2.24. The molecule has 0 spiro atoms. The summed E-state index contributed by atoms with van der Waals surface area (Å²) in [7, 11) is 0. The van der Waals surface area contributed by atoms with Gasteiger partial charge in [0.25, 0.3) is 5.91 Å². The molecule has 0 heterocycles. The van der Waals surface area contributed by atoms with Crippen LogP contribution in [0.5, 0.6) is 0 Å². The topological polar surface area (TPSA) is 38.3 Å². The molecule has 0 aromatic heterocycles. The van der Waals surface area contributed by atoms with Crippen LogP contribution in [0.4, 0.5) is 4.39 Å².